The van der Waals surface area contributed by atoms with E-state index in [1.807, 2.05) is 39.0 Å². The number of carbonyl (C=O) groups excluding carboxylic acids is 1. The molecule has 0 aliphatic rings. The molecule has 1 N–H and O–H groups in total. The molecule has 0 spiro atoms. The van der Waals surface area contributed by atoms with Crippen molar-refractivity contribution in [2.75, 3.05) is 24.8 Å². The second-order valence-corrected chi connectivity index (χ2v) is 9.22. The van der Waals surface area contributed by atoms with Gasteiger partial charge in [-0.1, -0.05) is 23.8 Å². The van der Waals surface area contributed by atoms with Crippen molar-refractivity contribution in [1.82, 2.24) is 5.32 Å². The Bertz CT molecular complexity index is 1020. The number of hydrogen-bond acceptors (Lipinski definition) is 5. The molecule has 30 heavy (non-hydrogen) atoms. The Hall–Kier alpha value is -2.74. The molecule has 2 aromatic rings. The largest absolute Gasteiger partial charge is 0.493 e. The molecule has 0 bridgehead atoms. The number of sulfonamides is 1. The van der Waals surface area contributed by atoms with Crippen molar-refractivity contribution in [3.05, 3.63) is 53.1 Å². The molecular formula is C22H30N2O5S. The van der Waals surface area contributed by atoms with Gasteiger partial charge in [-0.3, -0.25) is 9.10 Å². The Morgan fingerprint density at radius 2 is 1.63 bits per heavy atom. The molecule has 0 aliphatic carbocycles. The fraction of sp³-hybridized carbons (Fsp3) is 0.409. The van der Waals surface area contributed by atoms with Crippen LogP contribution in [0.2, 0.25) is 0 Å². The van der Waals surface area contributed by atoms with Crippen molar-refractivity contribution < 1.29 is 22.7 Å². The van der Waals surface area contributed by atoms with Crippen molar-refractivity contribution in [3.8, 4) is 11.5 Å². The average molecular weight is 435 g/mol. The Labute approximate surface area is 179 Å². The number of nitrogens with zero attached hydrogens (tertiary/aromatic N) is 1. The summed E-state index contributed by atoms with van der Waals surface area (Å²) in [6, 6.07) is 9.53. The molecule has 2 atom stereocenters. The van der Waals surface area contributed by atoms with Gasteiger partial charge in [0.05, 0.1) is 32.2 Å². The second-order valence-electron chi connectivity index (χ2n) is 7.36. The summed E-state index contributed by atoms with van der Waals surface area (Å²) in [5.74, 6) is 0.443. The molecule has 2 rings (SSSR count). The first-order valence-corrected chi connectivity index (χ1v) is 11.4. The third-order valence-corrected chi connectivity index (χ3v) is 6.21. The van der Waals surface area contributed by atoms with Crippen molar-refractivity contribution >= 4 is 21.6 Å². The van der Waals surface area contributed by atoms with Gasteiger partial charge in [-0.05, 0) is 51.0 Å². The Kier molecular flexibility index (Phi) is 7.36. The molecule has 0 fully saturated rings. The molecule has 7 nitrogen and oxygen atoms in total. The number of carbonyl (C=O) groups is 1. The van der Waals surface area contributed by atoms with Gasteiger partial charge in [0.1, 0.15) is 6.04 Å². The highest BCUT2D eigenvalue weighted by molar-refractivity contribution is 7.92. The van der Waals surface area contributed by atoms with E-state index in [-0.39, 0.29) is 6.04 Å². The lowest BCUT2D eigenvalue weighted by atomic mass is 10.00. The fourth-order valence-corrected chi connectivity index (χ4v) is 4.58. The molecule has 0 unspecified atom stereocenters. The van der Waals surface area contributed by atoms with E-state index in [2.05, 4.69) is 5.32 Å². The molecule has 0 saturated heterocycles. The lowest BCUT2D eigenvalue weighted by Gasteiger charge is -2.30. The number of rotatable bonds is 8. The van der Waals surface area contributed by atoms with E-state index in [0.29, 0.717) is 17.2 Å². The Balaban J connectivity index is 2.34. The number of anilines is 1. The second kappa shape index (κ2) is 9.38. The minimum absolute atomic E-state index is 0.272. The van der Waals surface area contributed by atoms with E-state index in [9.17, 15) is 13.2 Å². The van der Waals surface area contributed by atoms with Crippen LogP contribution in [0.3, 0.4) is 0 Å². The molecular weight excluding hydrogens is 404 g/mol. The lowest BCUT2D eigenvalue weighted by Crippen LogP contribution is -2.48. The molecule has 164 valence electrons. The zero-order valence-corrected chi connectivity index (χ0v) is 19.3. The van der Waals surface area contributed by atoms with Crippen molar-refractivity contribution in [2.45, 2.75) is 39.8 Å². The highest BCUT2D eigenvalue weighted by Gasteiger charge is 2.30. The number of benzene rings is 2. The topological polar surface area (TPSA) is 84.9 Å². The summed E-state index contributed by atoms with van der Waals surface area (Å²) >= 11 is 0. The van der Waals surface area contributed by atoms with Gasteiger partial charge in [0.15, 0.2) is 11.5 Å². The molecule has 0 saturated carbocycles. The first-order chi connectivity index (χ1) is 14.0. The highest BCUT2D eigenvalue weighted by atomic mass is 32.2. The zero-order chi connectivity index (χ0) is 22.6. The summed E-state index contributed by atoms with van der Waals surface area (Å²) in [5, 5.41) is 2.94. The van der Waals surface area contributed by atoms with E-state index in [1.54, 1.807) is 19.1 Å². The highest BCUT2D eigenvalue weighted by Crippen LogP contribution is 2.33. The van der Waals surface area contributed by atoms with Crippen LogP contribution >= 0.6 is 0 Å². The minimum Gasteiger partial charge on any atom is -0.493 e. The van der Waals surface area contributed by atoms with Crippen molar-refractivity contribution in [2.24, 2.45) is 0 Å². The molecule has 0 aliphatic heterocycles. The maximum Gasteiger partial charge on any atom is 0.244 e. The smallest absolute Gasteiger partial charge is 0.244 e. The van der Waals surface area contributed by atoms with E-state index < -0.39 is 22.0 Å². The van der Waals surface area contributed by atoms with Gasteiger partial charge in [0.2, 0.25) is 15.9 Å². The fourth-order valence-electron chi connectivity index (χ4n) is 3.41. The molecule has 0 radical (unpaired) electrons. The van der Waals surface area contributed by atoms with Gasteiger partial charge < -0.3 is 14.8 Å². The maximum atomic E-state index is 13.0. The summed E-state index contributed by atoms with van der Waals surface area (Å²) < 4.78 is 36.7. The van der Waals surface area contributed by atoms with E-state index in [1.165, 1.54) is 20.3 Å². The van der Waals surface area contributed by atoms with Crippen molar-refractivity contribution in [1.29, 1.82) is 0 Å². The monoisotopic (exact) mass is 434 g/mol. The number of nitrogens with one attached hydrogen (secondary N) is 1. The Morgan fingerprint density at radius 3 is 2.20 bits per heavy atom. The first kappa shape index (κ1) is 23.5. The van der Waals surface area contributed by atoms with E-state index in [4.69, 9.17) is 9.47 Å². The predicted molar refractivity (Wildman–Crippen MR) is 119 cm³/mol. The normalized spacial score (nSPS) is 13.3. The molecule has 8 heteroatoms. The van der Waals surface area contributed by atoms with Crippen LogP contribution in [-0.4, -0.2) is 40.8 Å². The summed E-state index contributed by atoms with van der Waals surface area (Å²) in [6.45, 7) is 7.41. The zero-order valence-electron chi connectivity index (χ0n) is 18.5. The third-order valence-electron chi connectivity index (χ3n) is 4.97. The number of hydrogen-bond donors (Lipinski definition) is 1. The summed E-state index contributed by atoms with van der Waals surface area (Å²) in [5.41, 5.74) is 3.46. The van der Waals surface area contributed by atoms with Gasteiger partial charge in [-0.2, -0.15) is 0 Å². The molecule has 0 aromatic heterocycles. The number of amides is 1. The first-order valence-electron chi connectivity index (χ1n) is 9.58. The number of methoxy groups -OCH3 is 2. The van der Waals surface area contributed by atoms with Crippen LogP contribution in [0.5, 0.6) is 11.5 Å². The van der Waals surface area contributed by atoms with Crippen LogP contribution in [0.1, 0.15) is 36.6 Å². The Morgan fingerprint density at radius 1 is 1.00 bits per heavy atom. The van der Waals surface area contributed by atoms with E-state index >= 15 is 0 Å². The molecule has 2 aromatic carbocycles. The predicted octanol–water partition coefficient (Wildman–Crippen LogP) is 3.35. The summed E-state index contributed by atoms with van der Waals surface area (Å²) in [4.78, 5) is 13.0. The van der Waals surface area contributed by atoms with Gasteiger partial charge in [-0.25, -0.2) is 8.42 Å². The van der Waals surface area contributed by atoms with Crippen LogP contribution in [0.4, 0.5) is 5.69 Å². The lowest BCUT2D eigenvalue weighted by molar-refractivity contribution is -0.122. The quantitative estimate of drug-likeness (QED) is 0.689. The SMILES string of the molecule is COc1ccc(N([C@@H](C)C(=O)N[C@H](C)c2cc(C)ccc2C)S(C)(=O)=O)cc1OC. The average Bonchev–Trinajstić information content (AvgIpc) is 2.68. The van der Waals surface area contributed by atoms with Gasteiger partial charge in [0.25, 0.3) is 0 Å². The maximum absolute atomic E-state index is 13.0. The van der Waals surface area contributed by atoms with Crippen LogP contribution in [0.25, 0.3) is 0 Å². The third kappa shape index (κ3) is 5.24. The number of aryl methyl sites for hydroxylation is 2. The van der Waals surface area contributed by atoms with Gasteiger partial charge >= 0.3 is 0 Å². The summed E-state index contributed by atoms with van der Waals surface area (Å²) in [7, 11) is -0.783. The van der Waals surface area contributed by atoms with Crippen LogP contribution in [-0.2, 0) is 14.8 Å². The van der Waals surface area contributed by atoms with Crippen LogP contribution < -0.4 is 19.1 Å². The van der Waals surface area contributed by atoms with Crippen LogP contribution in [0, 0.1) is 13.8 Å². The van der Waals surface area contributed by atoms with Gasteiger partial charge in [0, 0.05) is 6.07 Å². The standard InChI is InChI=1S/C22H30N2O5S/c1-14-8-9-15(2)19(12-14)16(3)23-22(25)17(4)24(30(7,26)27)18-10-11-20(28-5)21(13-18)29-6/h8-13,16-17H,1-7H3,(H,23,25)/t16-,17+/m1/s1. The molecule has 1 amide bonds. The summed E-state index contributed by atoms with van der Waals surface area (Å²) in [6.07, 6.45) is 1.07. The van der Waals surface area contributed by atoms with E-state index in [0.717, 1.165) is 27.3 Å². The van der Waals surface area contributed by atoms with Crippen LogP contribution in [0.15, 0.2) is 36.4 Å². The van der Waals surface area contributed by atoms with Crippen molar-refractivity contribution in [3.63, 3.8) is 0 Å². The molecule has 0 heterocycles. The minimum atomic E-state index is -3.75. The number of ether oxygens (including phenoxy) is 2. The van der Waals surface area contributed by atoms with Gasteiger partial charge in [-0.15, -0.1) is 0 Å².